The van der Waals surface area contributed by atoms with Crippen molar-refractivity contribution in [3.8, 4) is 0 Å². The predicted molar refractivity (Wildman–Crippen MR) is 72.9 cm³/mol. The summed E-state index contributed by atoms with van der Waals surface area (Å²) in [5.74, 6) is 0.456. The molecule has 1 saturated carbocycles. The van der Waals surface area contributed by atoms with E-state index < -0.39 is 0 Å². The topological polar surface area (TPSA) is 67.2 Å². The largest absolute Gasteiger partial charge is 0.397 e. The van der Waals surface area contributed by atoms with Gasteiger partial charge in [0.25, 0.3) is 5.91 Å². The minimum Gasteiger partial charge on any atom is -0.397 e. The quantitative estimate of drug-likeness (QED) is 0.772. The van der Waals surface area contributed by atoms with Gasteiger partial charge in [-0.3, -0.25) is 4.79 Å². The van der Waals surface area contributed by atoms with Crippen LogP contribution in [-0.4, -0.2) is 19.0 Å². The molecule has 0 radical (unpaired) electrons. The fourth-order valence-electron chi connectivity index (χ4n) is 1.89. The Balaban J connectivity index is 2.39. The maximum atomic E-state index is 11.7. The maximum absolute atomic E-state index is 11.7. The lowest BCUT2D eigenvalue weighted by Gasteiger charge is -2.10. The zero-order valence-corrected chi connectivity index (χ0v) is 11.3. The molecular weight excluding hydrogens is 234 g/mol. The van der Waals surface area contributed by atoms with Crippen LogP contribution < -0.4 is 16.4 Å². The van der Waals surface area contributed by atoms with Gasteiger partial charge in [-0.2, -0.15) is 0 Å². The number of nitrogens with two attached hydrogens (primary N) is 1. The molecule has 2 rings (SSSR count). The van der Waals surface area contributed by atoms with Crippen LogP contribution in [0.4, 0.5) is 10.7 Å². The molecule has 1 amide bonds. The van der Waals surface area contributed by atoms with Gasteiger partial charge in [-0.1, -0.05) is 0 Å². The number of hydrogen-bond donors (Lipinski definition) is 3. The van der Waals surface area contributed by atoms with E-state index in [1.54, 1.807) is 7.05 Å². The summed E-state index contributed by atoms with van der Waals surface area (Å²) in [6.45, 7) is 4.18. The normalized spacial score (nSPS) is 15.1. The first-order valence-electron chi connectivity index (χ1n) is 5.95. The van der Waals surface area contributed by atoms with Gasteiger partial charge in [0.2, 0.25) is 0 Å². The summed E-state index contributed by atoms with van der Waals surface area (Å²) in [7, 11) is 1.63. The summed E-state index contributed by atoms with van der Waals surface area (Å²) in [4.78, 5) is 12.4. The number of anilines is 2. The Morgan fingerprint density at radius 1 is 1.47 bits per heavy atom. The molecule has 1 aromatic rings. The number of carbonyl (C=O) groups excluding carboxylic acids is 1. The summed E-state index contributed by atoms with van der Waals surface area (Å²) in [6.07, 6.45) is 2.36. The van der Waals surface area contributed by atoms with Crippen molar-refractivity contribution >= 4 is 27.9 Å². The van der Waals surface area contributed by atoms with Crippen LogP contribution in [0.25, 0.3) is 0 Å². The van der Waals surface area contributed by atoms with Gasteiger partial charge < -0.3 is 16.4 Å². The minimum atomic E-state index is -0.0915. The number of nitrogens with one attached hydrogen (secondary N) is 2. The Hall–Kier alpha value is -1.23. The van der Waals surface area contributed by atoms with Gasteiger partial charge in [0.1, 0.15) is 4.88 Å². The van der Waals surface area contributed by atoms with Crippen molar-refractivity contribution in [3.05, 3.63) is 10.4 Å². The molecule has 0 bridgehead atoms. The van der Waals surface area contributed by atoms with Crippen LogP contribution >= 0.6 is 11.3 Å². The molecular formula is C12H19N3OS. The molecule has 0 unspecified atom stereocenters. The van der Waals surface area contributed by atoms with Crippen molar-refractivity contribution in [1.29, 1.82) is 0 Å². The molecule has 0 spiro atoms. The van der Waals surface area contributed by atoms with Crippen LogP contribution in [-0.2, 0) is 0 Å². The third-order valence-electron chi connectivity index (χ3n) is 2.82. The number of rotatable bonds is 4. The summed E-state index contributed by atoms with van der Waals surface area (Å²) in [5, 5.41) is 7.10. The van der Waals surface area contributed by atoms with E-state index in [2.05, 4.69) is 24.5 Å². The van der Waals surface area contributed by atoms with Crippen LogP contribution in [0.2, 0.25) is 0 Å². The Morgan fingerprint density at radius 2 is 2.12 bits per heavy atom. The number of hydrogen-bond acceptors (Lipinski definition) is 4. The summed E-state index contributed by atoms with van der Waals surface area (Å²) in [6, 6.07) is 0.350. The molecule has 4 N–H and O–H groups in total. The summed E-state index contributed by atoms with van der Waals surface area (Å²) < 4.78 is 0. The first-order valence-corrected chi connectivity index (χ1v) is 6.77. The monoisotopic (exact) mass is 253 g/mol. The van der Waals surface area contributed by atoms with Gasteiger partial charge in [-0.25, -0.2) is 0 Å². The van der Waals surface area contributed by atoms with Gasteiger partial charge in [0.05, 0.1) is 10.7 Å². The lowest BCUT2D eigenvalue weighted by Crippen LogP contribution is -2.17. The molecule has 0 atom stereocenters. The Kier molecular flexibility index (Phi) is 3.28. The van der Waals surface area contributed by atoms with E-state index >= 15 is 0 Å². The standard InChI is InChI=1S/C12H19N3OS/c1-6(2)15-12-8(7-4-5-7)9(13)10(17-12)11(16)14-3/h6-7,15H,4-5,13H2,1-3H3,(H,14,16). The van der Waals surface area contributed by atoms with Crippen LogP contribution in [0.1, 0.15) is 47.8 Å². The van der Waals surface area contributed by atoms with E-state index in [4.69, 9.17) is 5.73 Å². The average Bonchev–Trinajstić information content (AvgIpc) is 3.03. The zero-order chi connectivity index (χ0) is 12.6. The van der Waals surface area contributed by atoms with Crippen LogP contribution in [0, 0.1) is 0 Å². The van der Waals surface area contributed by atoms with Gasteiger partial charge in [0.15, 0.2) is 0 Å². The Labute approximate surface area is 106 Å². The molecule has 1 aromatic heterocycles. The van der Waals surface area contributed by atoms with Crippen LogP contribution in [0.5, 0.6) is 0 Å². The van der Waals surface area contributed by atoms with Gasteiger partial charge in [0, 0.05) is 18.7 Å². The first-order chi connectivity index (χ1) is 8.04. The highest BCUT2D eigenvalue weighted by molar-refractivity contribution is 7.18. The molecule has 1 heterocycles. The highest BCUT2D eigenvalue weighted by Crippen LogP contribution is 2.50. The van der Waals surface area contributed by atoms with Crippen molar-refractivity contribution < 1.29 is 4.79 Å². The van der Waals surface area contributed by atoms with E-state index in [0.717, 1.165) is 10.6 Å². The zero-order valence-electron chi connectivity index (χ0n) is 10.5. The third kappa shape index (κ3) is 2.39. The average molecular weight is 253 g/mol. The highest BCUT2D eigenvalue weighted by atomic mass is 32.1. The number of thiophene rings is 1. The number of carbonyl (C=O) groups is 1. The summed E-state index contributed by atoms with van der Waals surface area (Å²) >= 11 is 1.47. The SMILES string of the molecule is CNC(=O)c1sc(NC(C)C)c(C2CC2)c1N. The Morgan fingerprint density at radius 3 is 2.59 bits per heavy atom. The van der Waals surface area contributed by atoms with Gasteiger partial charge >= 0.3 is 0 Å². The highest BCUT2D eigenvalue weighted by Gasteiger charge is 2.32. The first kappa shape index (κ1) is 12.2. The van der Waals surface area contributed by atoms with E-state index in [1.165, 1.54) is 24.2 Å². The predicted octanol–water partition coefficient (Wildman–Crippen LogP) is 2.39. The lowest BCUT2D eigenvalue weighted by atomic mass is 10.1. The molecule has 94 valence electrons. The van der Waals surface area contributed by atoms with Crippen molar-refractivity contribution in [2.75, 3.05) is 18.1 Å². The molecule has 0 aromatic carbocycles. The number of amides is 1. The van der Waals surface area contributed by atoms with Crippen molar-refractivity contribution in [2.24, 2.45) is 0 Å². The summed E-state index contributed by atoms with van der Waals surface area (Å²) in [5.41, 5.74) is 7.93. The molecule has 1 fully saturated rings. The molecule has 17 heavy (non-hydrogen) atoms. The fourth-order valence-corrected chi connectivity index (χ4v) is 3.19. The van der Waals surface area contributed by atoms with E-state index in [0.29, 0.717) is 22.5 Å². The molecule has 4 nitrogen and oxygen atoms in total. The fraction of sp³-hybridized carbons (Fsp3) is 0.583. The minimum absolute atomic E-state index is 0.0915. The van der Waals surface area contributed by atoms with Gasteiger partial charge in [-0.15, -0.1) is 11.3 Å². The third-order valence-corrected chi connectivity index (χ3v) is 3.97. The second-order valence-corrected chi connectivity index (χ2v) is 5.76. The van der Waals surface area contributed by atoms with E-state index in [-0.39, 0.29) is 5.91 Å². The molecule has 0 aliphatic heterocycles. The molecule has 1 aliphatic carbocycles. The van der Waals surface area contributed by atoms with Crippen molar-refractivity contribution in [3.63, 3.8) is 0 Å². The van der Waals surface area contributed by atoms with Crippen LogP contribution in [0.15, 0.2) is 0 Å². The smallest absolute Gasteiger partial charge is 0.263 e. The second kappa shape index (κ2) is 4.56. The number of nitrogen functional groups attached to an aromatic ring is 1. The molecule has 0 saturated heterocycles. The van der Waals surface area contributed by atoms with Crippen LogP contribution in [0.3, 0.4) is 0 Å². The lowest BCUT2D eigenvalue weighted by molar-refractivity contribution is 0.0968. The van der Waals surface area contributed by atoms with E-state index in [9.17, 15) is 4.79 Å². The van der Waals surface area contributed by atoms with E-state index in [1.807, 2.05) is 0 Å². The molecule has 5 heteroatoms. The van der Waals surface area contributed by atoms with Gasteiger partial charge in [-0.05, 0) is 32.6 Å². The van der Waals surface area contributed by atoms with Crippen molar-refractivity contribution in [1.82, 2.24) is 5.32 Å². The second-order valence-electron chi connectivity index (χ2n) is 4.74. The molecule has 1 aliphatic rings. The van der Waals surface area contributed by atoms with Crippen molar-refractivity contribution in [2.45, 2.75) is 38.6 Å². The Bertz CT molecular complexity index is 435. The maximum Gasteiger partial charge on any atom is 0.263 e.